The Kier molecular flexibility index (Phi) is 8.91. The number of nitrogens with zero attached hydrogens (tertiary/aromatic N) is 1. The summed E-state index contributed by atoms with van der Waals surface area (Å²) in [4.78, 5) is 27.2. The van der Waals surface area contributed by atoms with E-state index in [2.05, 4.69) is 5.32 Å². The van der Waals surface area contributed by atoms with Crippen molar-refractivity contribution < 1.29 is 19.1 Å². The highest BCUT2D eigenvalue weighted by molar-refractivity contribution is 8.26. The number of thiocarbonyl (C=S) groups is 1. The lowest BCUT2D eigenvalue weighted by Crippen LogP contribution is -2.29. The third kappa shape index (κ3) is 6.82. The molecule has 0 bridgehead atoms. The molecule has 1 N–H and O–H groups in total. The average molecular weight is 485 g/mol. The maximum atomic E-state index is 12.8. The highest BCUT2D eigenvalue weighted by Crippen LogP contribution is 2.34. The van der Waals surface area contributed by atoms with Crippen LogP contribution in [0.3, 0.4) is 0 Å². The fourth-order valence-electron chi connectivity index (χ4n) is 3.38. The van der Waals surface area contributed by atoms with Crippen molar-refractivity contribution in [2.75, 3.05) is 26.1 Å². The van der Waals surface area contributed by atoms with Gasteiger partial charge in [0, 0.05) is 18.7 Å². The Morgan fingerprint density at radius 3 is 2.48 bits per heavy atom. The summed E-state index contributed by atoms with van der Waals surface area (Å²) in [5.74, 6) is 1.15. The summed E-state index contributed by atoms with van der Waals surface area (Å²) >= 11 is 6.72. The minimum absolute atomic E-state index is 0.00215. The topological polar surface area (TPSA) is 67.9 Å². The predicted octanol–water partition coefficient (Wildman–Crippen LogP) is 5.41. The van der Waals surface area contributed by atoms with E-state index in [0.29, 0.717) is 33.7 Å². The van der Waals surface area contributed by atoms with Crippen molar-refractivity contribution >= 4 is 51.9 Å². The van der Waals surface area contributed by atoms with Crippen LogP contribution in [-0.4, -0.2) is 41.8 Å². The second kappa shape index (κ2) is 11.9. The van der Waals surface area contributed by atoms with Gasteiger partial charge in [0.15, 0.2) is 11.5 Å². The molecule has 8 heteroatoms. The van der Waals surface area contributed by atoms with E-state index >= 15 is 0 Å². The second-order valence-corrected chi connectivity index (χ2v) is 9.35. The maximum absolute atomic E-state index is 12.8. The van der Waals surface area contributed by atoms with Crippen LogP contribution in [0.1, 0.15) is 36.8 Å². The van der Waals surface area contributed by atoms with Gasteiger partial charge in [-0.15, -0.1) is 0 Å². The number of carbonyl (C=O) groups excluding carboxylic acids is 2. The van der Waals surface area contributed by atoms with E-state index in [1.165, 1.54) is 11.8 Å². The van der Waals surface area contributed by atoms with E-state index in [1.54, 1.807) is 25.2 Å². The molecule has 0 radical (unpaired) electrons. The van der Waals surface area contributed by atoms with Gasteiger partial charge in [0.2, 0.25) is 5.91 Å². The summed E-state index contributed by atoms with van der Waals surface area (Å²) in [7, 11) is 3.16. The van der Waals surface area contributed by atoms with Crippen LogP contribution in [0.2, 0.25) is 0 Å². The fraction of sp³-hybridized carbons (Fsp3) is 0.320. The molecule has 2 amide bonds. The van der Waals surface area contributed by atoms with Crippen LogP contribution in [0.25, 0.3) is 6.08 Å². The Bertz CT molecular complexity index is 1050. The van der Waals surface area contributed by atoms with Gasteiger partial charge in [-0.2, -0.15) is 0 Å². The van der Waals surface area contributed by atoms with Crippen LogP contribution >= 0.6 is 24.0 Å². The molecule has 0 unspecified atom stereocenters. The third-order valence-corrected chi connectivity index (χ3v) is 6.58. The molecule has 1 saturated heterocycles. The molecule has 1 heterocycles. The molecule has 2 aromatic rings. The average Bonchev–Trinajstić information content (AvgIpc) is 3.07. The first-order valence-electron chi connectivity index (χ1n) is 10.7. The zero-order valence-electron chi connectivity index (χ0n) is 19.1. The predicted molar refractivity (Wildman–Crippen MR) is 138 cm³/mol. The van der Waals surface area contributed by atoms with Crippen molar-refractivity contribution in [2.45, 2.75) is 32.6 Å². The summed E-state index contributed by atoms with van der Waals surface area (Å²) in [5, 5.41) is 2.91. The molecule has 0 spiro atoms. The zero-order valence-corrected chi connectivity index (χ0v) is 20.7. The van der Waals surface area contributed by atoms with E-state index in [-0.39, 0.29) is 11.8 Å². The van der Waals surface area contributed by atoms with Crippen molar-refractivity contribution in [3.8, 4) is 11.5 Å². The van der Waals surface area contributed by atoms with E-state index in [9.17, 15) is 9.59 Å². The molecular weight excluding hydrogens is 456 g/mol. The SMILES string of the molecule is COc1ccc(/C=C2\SC(=S)N(CCCCCC(=O)Nc3ccc(C)cc3)C2=O)cc1OC. The number of anilines is 1. The van der Waals surface area contributed by atoms with Crippen LogP contribution in [0.15, 0.2) is 47.4 Å². The number of benzene rings is 2. The molecule has 6 nitrogen and oxygen atoms in total. The molecule has 174 valence electrons. The van der Waals surface area contributed by atoms with Gasteiger partial charge in [-0.25, -0.2) is 0 Å². The Labute approximate surface area is 204 Å². The zero-order chi connectivity index (χ0) is 23.8. The normalized spacial score (nSPS) is 14.6. The third-order valence-electron chi connectivity index (χ3n) is 5.20. The first kappa shape index (κ1) is 24.8. The molecule has 0 saturated carbocycles. The van der Waals surface area contributed by atoms with Crippen molar-refractivity contribution in [3.05, 3.63) is 58.5 Å². The number of carbonyl (C=O) groups is 2. The second-order valence-electron chi connectivity index (χ2n) is 7.67. The fourth-order valence-corrected chi connectivity index (χ4v) is 4.69. The summed E-state index contributed by atoms with van der Waals surface area (Å²) in [5.41, 5.74) is 2.81. The summed E-state index contributed by atoms with van der Waals surface area (Å²) < 4.78 is 11.1. The maximum Gasteiger partial charge on any atom is 0.266 e. The minimum Gasteiger partial charge on any atom is -0.493 e. The molecular formula is C25H28N2O4S2. The van der Waals surface area contributed by atoms with Crippen LogP contribution < -0.4 is 14.8 Å². The number of nitrogens with one attached hydrogen (secondary N) is 1. The van der Waals surface area contributed by atoms with Gasteiger partial charge < -0.3 is 14.8 Å². The van der Waals surface area contributed by atoms with Gasteiger partial charge in [-0.05, 0) is 55.7 Å². The van der Waals surface area contributed by atoms with Crippen LogP contribution in [-0.2, 0) is 9.59 Å². The van der Waals surface area contributed by atoms with Gasteiger partial charge >= 0.3 is 0 Å². The Morgan fingerprint density at radius 2 is 1.79 bits per heavy atom. The molecule has 3 rings (SSSR count). The number of unbranched alkanes of at least 4 members (excludes halogenated alkanes) is 2. The van der Waals surface area contributed by atoms with Crippen molar-refractivity contribution in [3.63, 3.8) is 0 Å². The lowest BCUT2D eigenvalue weighted by molar-refractivity contribution is -0.122. The summed E-state index contributed by atoms with van der Waals surface area (Å²) in [6.45, 7) is 2.56. The van der Waals surface area contributed by atoms with Crippen LogP contribution in [0.5, 0.6) is 11.5 Å². The Hall–Kier alpha value is -2.84. The van der Waals surface area contributed by atoms with Crippen molar-refractivity contribution in [1.29, 1.82) is 0 Å². The van der Waals surface area contributed by atoms with Gasteiger partial charge in [0.1, 0.15) is 4.32 Å². The van der Waals surface area contributed by atoms with Gasteiger partial charge in [-0.1, -0.05) is 54.2 Å². The summed E-state index contributed by atoms with van der Waals surface area (Å²) in [6, 6.07) is 13.2. The van der Waals surface area contributed by atoms with E-state index < -0.39 is 0 Å². The quantitative estimate of drug-likeness (QED) is 0.276. The highest BCUT2D eigenvalue weighted by atomic mass is 32.2. The number of ether oxygens (including phenoxy) is 2. The van der Waals surface area contributed by atoms with Gasteiger partial charge in [0.05, 0.1) is 19.1 Å². The van der Waals surface area contributed by atoms with Crippen LogP contribution in [0.4, 0.5) is 5.69 Å². The smallest absolute Gasteiger partial charge is 0.266 e. The number of hydrogen-bond acceptors (Lipinski definition) is 6. The molecule has 2 aromatic carbocycles. The minimum atomic E-state index is -0.0862. The van der Waals surface area contributed by atoms with Crippen LogP contribution in [0, 0.1) is 6.92 Å². The largest absolute Gasteiger partial charge is 0.493 e. The molecule has 0 aromatic heterocycles. The number of hydrogen-bond donors (Lipinski definition) is 1. The van der Waals surface area contributed by atoms with Gasteiger partial charge in [-0.3, -0.25) is 14.5 Å². The number of thioether (sulfide) groups is 1. The molecule has 1 aliphatic heterocycles. The van der Waals surface area contributed by atoms with Crippen molar-refractivity contribution in [2.24, 2.45) is 0 Å². The molecule has 33 heavy (non-hydrogen) atoms. The Morgan fingerprint density at radius 1 is 1.06 bits per heavy atom. The lowest BCUT2D eigenvalue weighted by Gasteiger charge is -2.14. The van der Waals surface area contributed by atoms with E-state index in [1.807, 2.05) is 49.4 Å². The summed E-state index contributed by atoms with van der Waals surface area (Å²) in [6.07, 6.45) is 4.65. The number of amides is 2. The lowest BCUT2D eigenvalue weighted by atomic mass is 10.1. The molecule has 1 aliphatic rings. The van der Waals surface area contributed by atoms with Gasteiger partial charge in [0.25, 0.3) is 5.91 Å². The molecule has 1 fully saturated rings. The molecule has 0 atom stereocenters. The monoisotopic (exact) mass is 484 g/mol. The first-order valence-corrected chi connectivity index (χ1v) is 12.0. The number of methoxy groups -OCH3 is 2. The highest BCUT2D eigenvalue weighted by Gasteiger charge is 2.31. The standard InChI is InChI=1S/C25H28N2O4S2/c1-17-8-11-19(12-9-17)26-23(28)7-5-4-6-14-27-24(29)22(33-25(27)32)16-18-10-13-20(30-2)21(15-18)31-3/h8-13,15-16H,4-7,14H2,1-3H3,(H,26,28)/b22-16-. The van der Waals surface area contributed by atoms with Crippen molar-refractivity contribution in [1.82, 2.24) is 4.90 Å². The molecule has 0 aliphatic carbocycles. The van der Waals surface area contributed by atoms with E-state index in [4.69, 9.17) is 21.7 Å². The number of aryl methyl sites for hydroxylation is 1. The van der Waals surface area contributed by atoms with E-state index in [0.717, 1.165) is 36.1 Å². The first-order chi connectivity index (χ1) is 15.9. The number of rotatable bonds is 10. The Balaban J connectivity index is 1.46.